The molecule has 1 saturated heterocycles. The van der Waals surface area contributed by atoms with Gasteiger partial charge in [0.1, 0.15) is 11.9 Å². The zero-order valence-electron chi connectivity index (χ0n) is 12.8. The lowest BCUT2D eigenvalue weighted by molar-refractivity contribution is -0.132. The van der Waals surface area contributed by atoms with E-state index in [0.29, 0.717) is 26.3 Å². The van der Waals surface area contributed by atoms with E-state index in [2.05, 4.69) is 20.5 Å². The molecule has 0 spiro atoms. The standard InChI is InChI=1S/C15H24N4O2/c1-3-6-18-15(20)13-11-21-9-8-19(13)10-12-5-4-7-17-14(12)16-2/h4-5,7,13H,3,6,8-11H2,1-2H3,(H,16,17)(H,18,20). The van der Waals surface area contributed by atoms with Gasteiger partial charge in [0.2, 0.25) is 5.91 Å². The molecule has 2 rings (SSSR count). The number of aromatic nitrogens is 1. The molecular weight excluding hydrogens is 268 g/mol. The molecule has 1 fully saturated rings. The lowest BCUT2D eigenvalue weighted by Crippen LogP contribution is -2.53. The summed E-state index contributed by atoms with van der Waals surface area (Å²) in [6, 6.07) is 3.73. The second-order valence-electron chi connectivity index (χ2n) is 5.11. The first kappa shape index (κ1) is 15.7. The number of carbonyl (C=O) groups is 1. The van der Waals surface area contributed by atoms with Gasteiger partial charge in [0.25, 0.3) is 0 Å². The maximum absolute atomic E-state index is 12.2. The van der Waals surface area contributed by atoms with Crippen LogP contribution in [0.1, 0.15) is 18.9 Å². The van der Waals surface area contributed by atoms with Crippen LogP contribution in [0.25, 0.3) is 0 Å². The minimum Gasteiger partial charge on any atom is -0.378 e. The Morgan fingerprint density at radius 1 is 1.57 bits per heavy atom. The molecule has 2 N–H and O–H groups in total. The van der Waals surface area contributed by atoms with Gasteiger partial charge in [-0.1, -0.05) is 13.0 Å². The molecule has 116 valence electrons. The van der Waals surface area contributed by atoms with E-state index in [1.54, 1.807) is 6.20 Å². The summed E-state index contributed by atoms with van der Waals surface area (Å²) < 4.78 is 5.47. The fraction of sp³-hybridized carbons (Fsp3) is 0.600. The van der Waals surface area contributed by atoms with Crippen LogP contribution in [0.2, 0.25) is 0 Å². The van der Waals surface area contributed by atoms with Crippen molar-refractivity contribution in [1.82, 2.24) is 15.2 Å². The van der Waals surface area contributed by atoms with E-state index in [1.165, 1.54) is 0 Å². The summed E-state index contributed by atoms with van der Waals surface area (Å²) in [7, 11) is 1.86. The van der Waals surface area contributed by atoms with Crippen LogP contribution in [0.4, 0.5) is 5.82 Å². The SMILES string of the molecule is CCCNC(=O)C1COCCN1Cc1cccnc1NC. The predicted molar refractivity (Wildman–Crippen MR) is 82.1 cm³/mol. The largest absolute Gasteiger partial charge is 0.378 e. The number of anilines is 1. The van der Waals surface area contributed by atoms with Gasteiger partial charge in [-0.15, -0.1) is 0 Å². The highest BCUT2D eigenvalue weighted by Crippen LogP contribution is 2.17. The van der Waals surface area contributed by atoms with Crippen molar-refractivity contribution in [2.24, 2.45) is 0 Å². The van der Waals surface area contributed by atoms with Gasteiger partial charge in [-0.2, -0.15) is 0 Å². The number of carbonyl (C=O) groups excluding carboxylic acids is 1. The van der Waals surface area contributed by atoms with E-state index >= 15 is 0 Å². The van der Waals surface area contributed by atoms with E-state index in [0.717, 1.165) is 24.3 Å². The summed E-state index contributed by atoms with van der Waals surface area (Å²) in [6.07, 6.45) is 2.70. The summed E-state index contributed by atoms with van der Waals surface area (Å²) in [5, 5.41) is 6.05. The zero-order valence-corrected chi connectivity index (χ0v) is 12.8. The first-order valence-corrected chi connectivity index (χ1v) is 7.47. The minimum absolute atomic E-state index is 0.0476. The smallest absolute Gasteiger partial charge is 0.239 e. The fourth-order valence-corrected chi connectivity index (χ4v) is 2.44. The second-order valence-corrected chi connectivity index (χ2v) is 5.11. The second kappa shape index (κ2) is 7.95. The Morgan fingerprint density at radius 3 is 3.19 bits per heavy atom. The molecule has 0 saturated carbocycles. The third-order valence-electron chi connectivity index (χ3n) is 3.59. The van der Waals surface area contributed by atoms with Gasteiger partial charge in [0, 0.05) is 38.4 Å². The molecule has 1 amide bonds. The van der Waals surface area contributed by atoms with Crippen LogP contribution in [0.15, 0.2) is 18.3 Å². The highest BCUT2D eigenvalue weighted by molar-refractivity contribution is 5.82. The minimum atomic E-state index is -0.227. The van der Waals surface area contributed by atoms with Gasteiger partial charge < -0.3 is 15.4 Å². The maximum atomic E-state index is 12.2. The van der Waals surface area contributed by atoms with E-state index in [4.69, 9.17) is 4.74 Å². The molecule has 2 heterocycles. The first-order valence-electron chi connectivity index (χ1n) is 7.47. The molecule has 1 aliphatic heterocycles. The van der Waals surface area contributed by atoms with Crippen LogP contribution in [-0.2, 0) is 16.1 Å². The molecule has 6 nitrogen and oxygen atoms in total. The normalized spacial score (nSPS) is 19.2. The third kappa shape index (κ3) is 4.15. The lowest BCUT2D eigenvalue weighted by atomic mass is 10.1. The molecule has 1 aliphatic rings. The van der Waals surface area contributed by atoms with Gasteiger partial charge >= 0.3 is 0 Å². The highest BCUT2D eigenvalue weighted by Gasteiger charge is 2.29. The molecule has 21 heavy (non-hydrogen) atoms. The first-order chi connectivity index (χ1) is 10.3. The van der Waals surface area contributed by atoms with Crippen molar-refractivity contribution in [2.75, 3.05) is 38.7 Å². The zero-order chi connectivity index (χ0) is 15.1. The maximum Gasteiger partial charge on any atom is 0.239 e. The number of rotatable bonds is 6. The van der Waals surface area contributed by atoms with Crippen LogP contribution in [0.5, 0.6) is 0 Å². The van der Waals surface area contributed by atoms with E-state index in [-0.39, 0.29) is 11.9 Å². The summed E-state index contributed by atoms with van der Waals surface area (Å²) >= 11 is 0. The third-order valence-corrected chi connectivity index (χ3v) is 3.59. The summed E-state index contributed by atoms with van der Waals surface area (Å²) in [5.41, 5.74) is 1.09. The number of ether oxygens (including phenoxy) is 1. The predicted octanol–water partition coefficient (Wildman–Crippen LogP) is 0.850. The summed E-state index contributed by atoms with van der Waals surface area (Å²) in [4.78, 5) is 18.7. The Hall–Kier alpha value is -1.66. The number of pyridine rings is 1. The summed E-state index contributed by atoms with van der Waals surface area (Å²) in [6.45, 7) is 5.30. The van der Waals surface area contributed by atoms with E-state index < -0.39 is 0 Å². The number of nitrogens with zero attached hydrogens (tertiary/aromatic N) is 2. The number of nitrogens with one attached hydrogen (secondary N) is 2. The van der Waals surface area contributed by atoms with Crippen molar-refractivity contribution in [3.05, 3.63) is 23.9 Å². The van der Waals surface area contributed by atoms with Crippen molar-refractivity contribution in [3.63, 3.8) is 0 Å². The number of morpholine rings is 1. The van der Waals surface area contributed by atoms with Gasteiger partial charge in [-0.3, -0.25) is 9.69 Å². The Bertz CT molecular complexity index is 467. The number of hydrogen-bond acceptors (Lipinski definition) is 5. The Balaban J connectivity index is 2.06. The molecular formula is C15H24N4O2. The fourth-order valence-electron chi connectivity index (χ4n) is 2.44. The molecule has 1 atom stereocenters. The van der Waals surface area contributed by atoms with Crippen molar-refractivity contribution in [1.29, 1.82) is 0 Å². The molecule has 6 heteroatoms. The Kier molecular flexibility index (Phi) is 5.95. The quantitative estimate of drug-likeness (QED) is 0.814. The lowest BCUT2D eigenvalue weighted by Gasteiger charge is -2.34. The van der Waals surface area contributed by atoms with Crippen LogP contribution >= 0.6 is 0 Å². The van der Waals surface area contributed by atoms with Gasteiger partial charge in [-0.05, 0) is 12.5 Å². The Morgan fingerprint density at radius 2 is 2.43 bits per heavy atom. The average molecular weight is 292 g/mol. The number of hydrogen-bond donors (Lipinski definition) is 2. The molecule has 1 unspecified atom stereocenters. The van der Waals surface area contributed by atoms with Crippen molar-refractivity contribution in [3.8, 4) is 0 Å². The highest BCUT2D eigenvalue weighted by atomic mass is 16.5. The van der Waals surface area contributed by atoms with Crippen LogP contribution < -0.4 is 10.6 Å². The molecule has 0 radical (unpaired) electrons. The average Bonchev–Trinajstić information content (AvgIpc) is 2.53. The van der Waals surface area contributed by atoms with Gasteiger partial charge in [0.15, 0.2) is 0 Å². The summed E-state index contributed by atoms with van der Waals surface area (Å²) in [5.74, 6) is 0.906. The van der Waals surface area contributed by atoms with Crippen molar-refractivity contribution >= 4 is 11.7 Å². The Labute approximate surface area is 125 Å². The van der Waals surface area contributed by atoms with Gasteiger partial charge in [-0.25, -0.2) is 4.98 Å². The van der Waals surface area contributed by atoms with Crippen LogP contribution in [-0.4, -0.2) is 55.2 Å². The van der Waals surface area contributed by atoms with Crippen molar-refractivity contribution < 1.29 is 9.53 Å². The molecule has 1 aromatic heterocycles. The van der Waals surface area contributed by atoms with Crippen molar-refractivity contribution in [2.45, 2.75) is 25.9 Å². The molecule has 1 aromatic rings. The number of amides is 1. The molecule has 0 bridgehead atoms. The van der Waals surface area contributed by atoms with Crippen LogP contribution in [0.3, 0.4) is 0 Å². The molecule has 0 aromatic carbocycles. The molecule has 0 aliphatic carbocycles. The topological polar surface area (TPSA) is 66.5 Å². The van der Waals surface area contributed by atoms with Gasteiger partial charge in [0.05, 0.1) is 13.2 Å². The van der Waals surface area contributed by atoms with E-state index in [1.807, 2.05) is 26.1 Å². The van der Waals surface area contributed by atoms with Crippen LogP contribution in [0, 0.1) is 0 Å². The monoisotopic (exact) mass is 292 g/mol. The van der Waals surface area contributed by atoms with E-state index in [9.17, 15) is 4.79 Å².